The average Bonchev–Trinajstić information content (AvgIpc) is 3.40. The molecule has 4 rings (SSSR count). The van der Waals surface area contributed by atoms with Crippen LogP contribution >= 0.6 is 11.3 Å². The van der Waals surface area contributed by atoms with Crippen molar-refractivity contribution < 1.29 is 14.7 Å². The number of fused-ring (bicyclic) bond motifs is 1. The van der Waals surface area contributed by atoms with E-state index >= 15 is 0 Å². The minimum absolute atomic E-state index is 0.0778. The van der Waals surface area contributed by atoms with Gasteiger partial charge in [-0.15, -0.1) is 11.3 Å². The molecule has 164 valence electrons. The Labute approximate surface area is 184 Å². The molecule has 1 aliphatic rings. The summed E-state index contributed by atoms with van der Waals surface area (Å²) < 4.78 is 2.30. The van der Waals surface area contributed by atoms with Crippen LogP contribution in [0.5, 0.6) is 0 Å². The number of thiazole rings is 1. The number of carbonyl (C=O) groups excluding carboxylic acids is 1. The molecule has 1 fully saturated rings. The minimum Gasteiger partial charge on any atom is -0.480 e. The Balaban J connectivity index is 1.40. The van der Waals surface area contributed by atoms with Crippen molar-refractivity contribution in [2.75, 3.05) is 39.3 Å². The van der Waals surface area contributed by atoms with Gasteiger partial charge >= 0.3 is 5.97 Å². The van der Waals surface area contributed by atoms with Crippen molar-refractivity contribution >= 4 is 34.1 Å². The van der Waals surface area contributed by atoms with Gasteiger partial charge < -0.3 is 25.2 Å². The van der Waals surface area contributed by atoms with Crippen molar-refractivity contribution in [2.45, 2.75) is 19.4 Å². The van der Waals surface area contributed by atoms with Crippen LogP contribution in [0.25, 0.3) is 21.5 Å². The molecule has 3 aromatic rings. The van der Waals surface area contributed by atoms with Crippen LogP contribution in [0.1, 0.15) is 12.1 Å². The molecule has 0 saturated carbocycles. The van der Waals surface area contributed by atoms with E-state index in [1.54, 1.807) is 0 Å². The number of carboxylic acids is 1. The number of carboxylic acid groups (broad SMARTS) is 1. The van der Waals surface area contributed by atoms with Gasteiger partial charge in [-0.3, -0.25) is 9.59 Å². The normalized spacial score (nSPS) is 14.7. The fourth-order valence-electron chi connectivity index (χ4n) is 3.83. The Morgan fingerprint density at radius 3 is 2.84 bits per heavy atom. The summed E-state index contributed by atoms with van der Waals surface area (Å²) in [4.78, 5) is 29.5. The van der Waals surface area contributed by atoms with Gasteiger partial charge in [0, 0.05) is 55.4 Å². The van der Waals surface area contributed by atoms with E-state index in [9.17, 15) is 9.59 Å². The largest absolute Gasteiger partial charge is 0.480 e. The number of aromatic nitrogens is 2. The molecule has 1 aliphatic heterocycles. The van der Waals surface area contributed by atoms with Crippen molar-refractivity contribution in [1.82, 2.24) is 25.1 Å². The predicted molar refractivity (Wildman–Crippen MR) is 121 cm³/mol. The van der Waals surface area contributed by atoms with Crippen LogP contribution in [0, 0.1) is 0 Å². The van der Waals surface area contributed by atoms with E-state index in [0.717, 1.165) is 56.3 Å². The number of amides is 1. The van der Waals surface area contributed by atoms with Crippen molar-refractivity contribution in [3.05, 3.63) is 41.5 Å². The maximum Gasteiger partial charge on any atom is 0.322 e. The van der Waals surface area contributed by atoms with Crippen LogP contribution < -0.4 is 10.6 Å². The third kappa shape index (κ3) is 5.69. The quantitative estimate of drug-likeness (QED) is 0.468. The van der Waals surface area contributed by atoms with E-state index in [1.807, 2.05) is 5.38 Å². The summed E-state index contributed by atoms with van der Waals surface area (Å²) in [6.07, 6.45) is 3.33. The van der Waals surface area contributed by atoms with Crippen LogP contribution in [0.15, 0.2) is 35.8 Å². The number of nitrogens with zero attached hydrogens (tertiary/aromatic N) is 3. The van der Waals surface area contributed by atoms with Gasteiger partial charge in [0.2, 0.25) is 5.91 Å². The predicted octanol–water partition coefficient (Wildman–Crippen LogP) is 1.80. The van der Waals surface area contributed by atoms with Gasteiger partial charge in [-0.25, -0.2) is 4.98 Å². The smallest absolute Gasteiger partial charge is 0.322 e. The van der Waals surface area contributed by atoms with Crippen LogP contribution in [-0.2, 0) is 22.6 Å². The van der Waals surface area contributed by atoms with Gasteiger partial charge in [-0.05, 0) is 30.5 Å². The highest BCUT2D eigenvalue weighted by Gasteiger charge is 2.12. The lowest BCUT2D eigenvalue weighted by Crippen LogP contribution is -2.43. The Morgan fingerprint density at radius 1 is 1.19 bits per heavy atom. The van der Waals surface area contributed by atoms with Gasteiger partial charge in [0.05, 0.1) is 12.1 Å². The molecule has 2 aromatic heterocycles. The Morgan fingerprint density at radius 2 is 2.03 bits per heavy atom. The van der Waals surface area contributed by atoms with Crippen molar-refractivity contribution in [1.29, 1.82) is 0 Å². The first kappa shape index (κ1) is 21.5. The van der Waals surface area contributed by atoms with E-state index in [1.165, 1.54) is 22.2 Å². The van der Waals surface area contributed by atoms with Gasteiger partial charge in [-0.2, -0.15) is 0 Å². The van der Waals surface area contributed by atoms with Crippen LogP contribution in [0.2, 0.25) is 0 Å². The molecule has 31 heavy (non-hydrogen) atoms. The topological polar surface area (TPSA) is 99.5 Å². The fourth-order valence-corrected chi connectivity index (χ4v) is 4.65. The molecular weight excluding hydrogens is 414 g/mol. The number of rotatable bonds is 9. The number of aliphatic carboxylic acids is 1. The monoisotopic (exact) mass is 441 g/mol. The first-order chi connectivity index (χ1) is 15.1. The number of aryl methyl sites for hydroxylation is 1. The lowest BCUT2D eigenvalue weighted by atomic mass is 10.1. The zero-order chi connectivity index (χ0) is 21.6. The van der Waals surface area contributed by atoms with E-state index in [4.69, 9.17) is 5.11 Å². The number of piperazine rings is 1. The summed E-state index contributed by atoms with van der Waals surface area (Å²) in [5.74, 6) is -1.40. The number of benzene rings is 1. The second kappa shape index (κ2) is 10.0. The summed E-state index contributed by atoms with van der Waals surface area (Å²) in [6, 6.07) is 8.47. The number of hydrogen-bond donors (Lipinski definition) is 3. The maximum absolute atomic E-state index is 11.8. The lowest BCUT2D eigenvalue weighted by molar-refractivity contribution is -0.137. The van der Waals surface area contributed by atoms with E-state index < -0.39 is 5.97 Å². The number of carbonyl (C=O) groups is 2. The molecule has 8 nitrogen and oxygen atoms in total. The van der Waals surface area contributed by atoms with Gasteiger partial charge in [-0.1, -0.05) is 12.1 Å². The van der Waals surface area contributed by atoms with Gasteiger partial charge in [0.15, 0.2) is 0 Å². The van der Waals surface area contributed by atoms with Crippen LogP contribution in [0.4, 0.5) is 0 Å². The zero-order valence-electron chi connectivity index (χ0n) is 17.3. The second-order valence-electron chi connectivity index (χ2n) is 7.72. The van der Waals surface area contributed by atoms with Crippen molar-refractivity contribution in [3.8, 4) is 10.6 Å². The Hall–Kier alpha value is -2.75. The number of nitrogens with one attached hydrogen (secondary N) is 2. The van der Waals surface area contributed by atoms with Gasteiger partial charge in [0.1, 0.15) is 11.6 Å². The summed E-state index contributed by atoms with van der Waals surface area (Å²) >= 11 is 1.49. The van der Waals surface area contributed by atoms with E-state index in [-0.39, 0.29) is 18.9 Å². The molecule has 1 saturated heterocycles. The molecule has 9 heteroatoms. The Bertz CT molecular complexity index is 1050. The molecule has 0 spiro atoms. The summed E-state index contributed by atoms with van der Waals surface area (Å²) in [7, 11) is 0. The molecule has 0 unspecified atom stereocenters. The summed E-state index contributed by atoms with van der Waals surface area (Å²) in [6.45, 7) is 6.11. The summed E-state index contributed by atoms with van der Waals surface area (Å²) in [5, 5.41) is 18.3. The third-order valence-corrected chi connectivity index (χ3v) is 6.37. The molecule has 3 N–H and O–H groups in total. The molecule has 0 radical (unpaired) electrons. The highest BCUT2D eigenvalue weighted by Crippen LogP contribution is 2.28. The molecule has 0 aliphatic carbocycles. The SMILES string of the molecule is O=C(O)CNC(=O)Cc1csc(-c2ccc3ccn(CCCN4CCNCC4)c3c2)n1. The fraction of sp³-hybridized carbons (Fsp3) is 0.409. The second-order valence-corrected chi connectivity index (χ2v) is 8.58. The van der Waals surface area contributed by atoms with Crippen molar-refractivity contribution in [2.24, 2.45) is 0 Å². The number of hydrogen-bond acceptors (Lipinski definition) is 6. The molecule has 0 bridgehead atoms. The van der Waals surface area contributed by atoms with Gasteiger partial charge in [0.25, 0.3) is 0 Å². The third-order valence-electron chi connectivity index (χ3n) is 5.43. The molecule has 1 amide bonds. The molecule has 0 atom stereocenters. The first-order valence-electron chi connectivity index (χ1n) is 10.5. The lowest BCUT2D eigenvalue weighted by Gasteiger charge is -2.27. The Kier molecular flexibility index (Phi) is 6.96. The minimum atomic E-state index is -1.06. The molecular formula is C22H27N5O3S. The molecule has 3 heterocycles. The first-order valence-corrected chi connectivity index (χ1v) is 11.4. The van der Waals surface area contributed by atoms with Crippen LogP contribution in [0.3, 0.4) is 0 Å². The van der Waals surface area contributed by atoms with E-state index in [0.29, 0.717) is 5.69 Å². The average molecular weight is 442 g/mol. The van der Waals surface area contributed by atoms with Crippen LogP contribution in [-0.4, -0.2) is 70.7 Å². The van der Waals surface area contributed by atoms with Crippen molar-refractivity contribution in [3.63, 3.8) is 0 Å². The zero-order valence-corrected chi connectivity index (χ0v) is 18.2. The maximum atomic E-state index is 11.8. The highest BCUT2D eigenvalue weighted by atomic mass is 32.1. The highest BCUT2D eigenvalue weighted by molar-refractivity contribution is 7.13. The molecule has 1 aromatic carbocycles. The standard InChI is InChI=1S/C22H27N5O3S/c28-20(24-14-21(29)30)13-18-15-31-22(25-18)17-3-2-16-4-9-27(19(16)12-17)8-1-7-26-10-5-23-6-11-26/h2-4,9,12,15,23H,1,5-8,10-11,13-14H2,(H,24,28)(H,29,30). The van der Waals surface area contributed by atoms with E-state index in [2.05, 4.69) is 55.5 Å². The summed E-state index contributed by atoms with van der Waals surface area (Å²) in [5.41, 5.74) is 2.86.